The molecule has 0 aromatic heterocycles. The van der Waals surface area contributed by atoms with E-state index in [-0.39, 0.29) is 18.2 Å². The molecule has 7 heteroatoms. The molecule has 1 unspecified atom stereocenters. The Labute approximate surface area is 194 Å². The topological polar surface area (TPSA) is 86.8 Å². The lowest BCUT2D eigenvalue weighted by molar-refractivity contribution is -0.145. The van der Waals surface area contributed by atoms with Gasteiger partial charge in [-0.15, -0.1) is 0 Å². The van der Waals surface area contributed by atoms with Crippen molar-refractivity contribution in [1.82, 2.24) is 10.4 Å². The molecule has 1 fully saturated rings. The molecule has 4 amide bonds. The molecule has 0 saturated carbocycles. The van der Waals surface area contributed by atoms with Crippen LogP contribution in [0.4, 0.5) is 5.69 Å². The Bertz CT molecular complexity index is 1010. The predicted molar refractivity (Wildman–Crippen MR) is 126 cm³/mol. The summed E-state index contributed by atoms with van der Waals surface area (Å²) in [5, 5.41) is 1.08. The van der Waals surface area contributed by atoms with E-state index in [1.54, 1.807) is 42.5 Å². The second-order valence-corrected chi connectivity index (χ2v) is 8.56. The van der Waals surface area contributed by atoms with Crippen molar-refractivity contribution in [2.45, 2.75) is 58.9 Å². The molecule has 0 radical (unpaired) electrons. The minimum Gasteiger partial charge on any atom is -0.274 e. The number of hydrogen-bond acceptors (Lipinski definition) is 4. The van der Waals surface area contributed by atoms with Gasteiger partial charge < -0.3 is 0 Å². The smallest absolute Gasteiger partial charge is 0.269 e. The summed E-state index contributed by atoms with van der Waals surface area (Å²) in [5.41, 5.74) is 4.53. The van der Waals surface area contributed by atoms with Gasteiger partial charge in [-0.05, 0) is 48.6 Å². The number of nitrogens with zero attached hydrogens (tertiary/aromatic N) is 2. The van der Waals surface area contributed by atoms with E-state index in [1.165, 1.54) is 0 Å². The maximum atomic E-state index is 13.4. The molecule has 1 atom stereocenters. The second-order valence-electron chi connectivity index (χ2n) is 8.56. The summed E-state index contributed by atoms with van der Waals surface area (Å²) in [6, 6.07) is 14.6. The van der Waals surface area contributed by atoms with Gasteiger partial charge in [0.05, 0.1) is 12.1 Å². The first-order valence-electron chi connectivity index (χ1n) is 11.4. The van der Waals surface area contributed by atoms with Crippen LogP contribution in [0.1, 0.15) is 68.8 Å². The molecule has 174 valence electrons. The summed E-state index contributed by atoms with van der Waals surface area (Å²) in [6.07, 6.45) is 0.927. The van der Waals surface area contributed by atoms with Gasteiger partial charge in [-0.3, -0.25) is 24.6 Å². The van der Waals surface area contributed by atoms with Crippen LogP contribution in [0.3, 0.4) is 0 Å². The highest BCUT2D eigenvalue weighted by atomic mass is 16.2. The molecule has 1 aliphatic rings. The predicted octanol–water partition coefficient (Wildman–Crippen LogP) is 4.05. The number of nitrogens with one attached hydrogen (secondary N) is 1. The number of amides is 4. The van der Waals surface area contributed by atoms with Gasteiger partial charge in [-0.2, -0.15) is 0 Å². The Morgan fingerprint density at radius 3 is 2.15 bits per heavy atom. The zero-order chi connectivity index (χ0) is 24.1. The van der Waals surface area contributed by atoms with Crippen LogP contribution in [-0.2, 0) is 14.4 Å². The van der Waals surface area contributed by atoms with E-state index in [2.05, 4.69) is 19.3 Å². The first-order valence-corrected chi connectivity index (χ1v) is 11.4. The van der Waals surface area contributed by atoms with Gasteiger partial charge in [0.2, 0.25) is 11.8 Å². The maximum absolute atomic E-state index is 13.4. The Morgan fingerprint density at radius 2 is 1.61 bits per heavy atom. The highest BCUT2D eigenvalue weighted by Gasteiger charge is 2.46. The van der Waals surface area contributed by atoms with Gasteiger partial charge >= 0.3 is 0 Å². The lowest BCUT2D eigenvalue weighted by Gasteiger charge is -2.30. The molecule has 0 spiro atoms. The summed E-state index contributed by atoms with van der Waals surface area (Å²) >= 11 is 0. The van der Waals surface area contributed by atoms with Gasteiger partial charge in [0.25, 0.3) is 11.8 Å². The third kappa shape index (κ3) is 5.13. The molecular formula is C26H31N3O4. The van der Waals surface area contributed by atoms with E-state index >= 15 is 0 Å². The fourth-order valence-corrected chi connectivity index (χ4v) is 3.98. The average Bonchev–Trinajstić information content (AvgIpc) is 3.12. The second kappa shape index (κ2) is 10.4. The first-order chi connectivity index (χ1) is 15.8. The van der Waals surface area contributed by atoms with Gasteiger partial charge in [-0.25, -0.2) is 9.91 Å². The molecule has 33 heavy (non-hydrogen) atoms. The first kappa shape index (κ1) is 24.2. The third-order valence-corrected chi connectivity index (χ3v) is 6.08. The molecule has 1 saturated heterocycles. The molecular weight excluding hydrogens is 418 g/mol. The number of rotatable bonds is 7. The number of hydrazine groups is 1. The summed E-state index contributed by atoms with van der Waals surface area (Å²) in [4.78, 5) is 53.5. The molecule has 7 nitrogen and oxygen atoms in total. The summed E-state index contributed by atoms with van der Waals surface area (Å²) in [6.45, 7) is 7.89. The number of imide groups is 1. The van der Waals surface area contributed by atoms with Gasteiger partial charge in [0, 0.05) is 11.5 Å². The highest BCUT2D eigenvalue weighted by Crippen LogP contribution is 2.28. The quantitative estimate of drug-likeness (QED) is 0.510. The van der Waals surface area contributed by atoms with Crippen LogP contribution in [0.25, 0.3) is 0 Å². The fraction of sp³-hybridized carbons (Fsp3) is 0.385. The lowest BCUT2D eigenvalue weighted by Crippen LogP contribution is -2.56. The fourth-order valence-electron chi connectivity index (χ4n) is 3.98. The molecule has 1 heterocycles. The molecule has 0 aliphatic carbocycles. The Morgan fingerprint density at radius 1 is 1.00 bits per heavy atom. The molecule has 1 N–H and O–H groups in total. The summed E-state index contributed by atoms with van der Waals surface area (Å²) < 4.78 is 0. The van der Waals surface area contributed by atoms with Crippen LogP contribution in [0.5, 0.6) is 0 Å². The van der Waals surface area contributed by atoms with E-state index < -0.39 is 23.8 Å². The Hall–Kier alpha value is -3.48. The van der Waals surface area contributed by atoms with Gasteiger partial charge in [0.15, 0.2) is 0 Å². The van der Waals surface area contributed by atoms with E-state index in [1.807, 2.05) is 26.0 Å². The lowest BCUT2D eigenvalue weighted by atomic mass is 10.0. The van der Waals surface area contributed by atoms with Crippen LogP contribution < -0.4 is 10.3 Å². The van der Waals surface area contributed by atoms with Crippen molar-refractivity contribution < 1.29 is 19.2 Å². The monoisotopic (exact) mass is 449 g/mol. The van der Waals surface area contributed by atoms with Crippen LogP contribution in [0.2, 0.25) is 0 Å². The Balaban J connectivity index is 1.91. The standard InChI is InChI=1S/C26H31N3O4/c1-5-18(6-2)25(32)29(27-24(31)20-10-8-7-9-11-20)22-16-23(30)28(26(22)33)21-14-12-19(13-15-21)17(3)4/h7-15,17-18,22H,5-6,16H2,1-4H3,(H,27,31). The molecule has 2 aromatic rings. The van der Waals surface area contributed by atoms with E-state index in [0.717, 1.165) is 15.5 Å². The normalized spacial score (nSPS) is 15.9. The van der Waals surface area contributed by atoms with Gasteiger partial charge in [-0.1, -0.05) is 58.0 Å². The zero-order valence-corrected chi connectivity index (χ0v) is 19.6. The van der Waals surface area contributed by atoms with Crippen LogP contribution in [-0.4, -0.2) is 34.7 Å². The van der Waals surface area contributed by atoms with E-state index in [4.69, 9.17) is 0 Å². The number of carbonyl (C=O) groups excluding carboxylic acids is 4. The third-order valence-electron chi connectivity index (χ3n) is 6.08. The van der Waals surface area contributed by atoms with Crippen molar-refractivity contribution in [2.24, 2.45) is 5.92 Å². The van der Waals surface area contributed by atoms with Crippen molar-refractivity contribution in [3.05, 3.63) is 65.7 Å². The Kier molecular flexibility index (Phi) is 7.63. The van der Waals surface area contributed by atoms with Crippen LogP contribution >= 0.6 is 0 Å². The summed E-state index contributed by atoms with van der Waals surface area (Å²) in [5.74, 6) is -1.85. The number of benzene rings is 2. The zero-order valence-electron chi connectivity index (χ0n) is 19.6. The van der Waals surface area contributed by atoms with Crippen molar-refractivity contribution >= 4 is 29.3 Å². The molecule has 2 aromatic carbocycles. The molecule has 1 aliphatic heterocycles. The largest absolute Gasteiger partial charge is 0.274 e. The highest BCUT2D eigenvalue weighted by molar-refractivity contribution is 6.23. The van der Waals surface area contributed by atoms with Crippen molar-refractivity contribution in [3.63, 3.8) is 0 Å². The SMILES string of the molecule is CCC(CC)C(=O)N(NC(=O)c1ccccc1)C1CC(=O)N(c2ccc(C(C)C)cc2)C1=O. The number of carbonyl (C=O) groups is 4. The van der Waals surface area contributed by atoms with Crippen LogP contribution in [0, 0.1) is 5.92 Å². The van der Waals surface area contributed by atoms with Crippen molar-refractivity contribution in [3.8, 4) is 0 Å². The number of hydrogen-bond donors (Lipinski definition) is 1. The molecule has 3 rings (SSSR count). The van der Waals surface area contributed by atoms with E-state index in [9.17, 15) is 19.2 Å². The minimum absolute atomic E-state index is 0.189. The van der Waals surface area contributed by atoms with Crippen LogP contribution in [0.15, 0.2) is 54.6 Å². The summed E-state index contributed by atoms with van der Waals surface area (Å²) in [7, 11) is 0. The van der Waals surface area contributed by atoms with E-state index in [0.29, 0.717) is 30.0 Å². The van der Waals surface area contributed by atoms with Gasteiger partial charge in [0.1, 0.15) is 6.04 Å². The molecule has 0 bridgehead atoms. The van der Waals surface area contributed by atoms with Crippen molar-refractivity contribution in [2.75, 3.05) is 4.90 Å². The maximum Gasteiger partial charge on any atom is 0.269 e. The average molecular weight is 450 g/mol. The minimum atomic E-state index is -1.09. The van der Waals surface area contributed by atoms with Crippen molar-refractivity contribution in [1.29, 1.82) is 0 Å². The number of anilines is 1.